The van der Waals surface area contributed by atoms with E-state index in [2.05, 4.69) is 25.9 Å². The number of carbonyl (C=O) groups excluding carboxylic acids is 3. The monoisotopic (exact) mass is 474 g/mol. The zero-order chi connectivity index (χ0) is 24.3. The fourth-order valence-corrected chi connectivity index (χ4v) is 3.02. The van der Waals surface area contributed by atoms with Gasteiger partial charge < -0.3 is 42.0 Å². The lowest BCUT2D eigenvalue weighted by Crippen LogP contribution is -2.59. The van der Waals surface area contributed by atoms with Gasteiger partial charge >= 0.3 is 5.97 Å². The van der Waals surface area contributed by atoms with Crippen LogP contribution in [0.1, 0.15) is 19.0 Å². The van der Waals surface area contributed by atoms with Crippen molar-refractivity contribution in [3.05, 3.63) is 18.2 Å². The maximum absolute atomic E-state index is 12.9. The van der Waals surface area contributed by atoms with Crippen LogP contribution in [-0.4, -0.2) is 97.9 Å². The molecule has 0 radical (unpaired) electrons. The van der Waals surface area contributed by atoms with E-state index < -0.39 is 60.6 Å². The zero-order valence-corrected chi connectivity index (χ0v) is 18.6. The van der Waals surface area contributed by atoms with E-state index >= 15 is 0 Å². The summed E-state index contributed by atoms with van der Waals surface area (Å²) in [5.41, 5.74) is 6.16. The van der Waals surface area contributed by atoms with Gasteiger partial charge in [-0.05, 0) is 25.4 Å². The van der Waals surface area contributed by atoms with Gasteiger partial charge in [0.05, 0.1) is 19.0 Å². The highest BCUT2D eigenvalue weighted by Gasteiger charge is 2.31. The van der Waals surface area contributed by atoms with Gasteiger partial charge in [0.25, 0.3) is 0 Å². The third-order valence-corrected chi connectivity index (χ3v) is 5.12. The largest absolute Gasteiger partial charge is 0.480 e. The van der Waals surface area contributed by atoms with Crippen LogP contribution in [0.15, 0.2) is 12.5 Å². The number of imidazole rings is 1. The van der Waals surface area contributed by atoms with Crippen molar-refractivity contribution < 1.29 is 34.5 Å². The summed E-state index contributed by atoms with van der Waals surface area (Å²) in [4.78, 5) is 55.6. The van der Waals surface area contributed by atoms with Crippen LogP contribution < -0.4 is 21.7 Å². The maximum Gasteiger partial charge on any atom is 0.328 e. The molecule has 1 aromatic heterocycles. The van der Waals surface area contributed by atoms with Gasteiger partial charge in [-0.2, -0.15) is 11.8 Å². The van der Waals surface area contributed by atoms with Crippen molar-refractivity contribution in [1.29, 1.82) is 0 Å². The number of hydrogen-bond donors (Lipinski definition) is 8. The Bertz CT molecular complexity index is 761. The second kappa shape index (κ2) is 13.7. The fraction of sp³-hybridized carbons (Fsp3) is 0.611. The van der Waals surface area contributed by atoms with Gasteiger partial charge in [0.15, 0.2) is 0 Å². The fourth-order valence-electron chi connectivity index (χ4n) is 2.55. The molecular formula is C18H30N6O7S. The van der Waals surface area contributed by atoms with Crippen molar-refractivity contribution in [3.63, 3.8) is 0 Å². The van der Waals surface area contributed by atoms with Crippen LogP contribution in [0.5, 0.6) is 0 Å². The first-order valence-corrected chi connectivity index (χ1v) is 11.1. The number of nitrogens with zero attached hydrogens (tertiary/aromatic N) is 1. The number of thioether (sulfide) groups is 1. The van der Waals surface area contributed by atoms with E-state index in [9.17, 15) is 24.3 Å². The van der Waals surface area contributed by atoms with E-state index in [1.165, 1.54) is 31.2 Å². The summed E-state index contributed by atoms with van der Waals surface area (Å²) in [6, 6.07) is -5.08. The molecule has 0 spiro atoms. The van der Waals surface area contributed by atoms with Gasteiger partial charge in [-0.1, -0.05) is 0 Å². The Hall–Kier alpha value is -2.68. The van der Waals surface area contributed by atoms with E-state index in [1.807, 2.05) is 0 Å². The molecule has 0 aliphatic rings. The molecule has 0 saturated heterocycles. The first-order chi connectivity index (χ1) is 15.1. The summed E-state index contributed by atoms with van der Waals surface area (Å²) >= 11 is 1.41. The number of amides is 3. The summed E-state index contributed by atoms with van der Waals surface area (Å²) < 4.78 is 0. The highest BCUT2D eigenvalue weighted by atomic mass is 32.2. The van der Waals surface area contributed by atoms with Crippen LogP contribution in [-0.2, 0) is 25.6 Å². The predicted molar refractivity (Wildman–Crippen MR) is 115 cm³/mol. The van der Waals surface area contributed by atoms with E-state index in [1.54, 1.807) is 6.26 Å². The number of aliphatic hydroxyl groups is 2. The predicted octanol–water partition coefficient (Wildman–Crippen LogP) is -3.06. The van der Waals surface area contributed by atoms with Crippen molar-refractivity contribution in [3.8, 4) is 0 Å². The molecule has 14 heteroatoms. The van der Waals surface area contributed by atoms with Gasteiger partial charge in [0.2, 0.25) is 17.7 Å². The van der Waals surface area contributed by atoms with E-state index in [4.69, 9.17) is 15.9 Å². The van der Waals surface area contributed by atoms with Crippen molar-refractivity contribution in [2.24, 2.45) is 5.73 Å². The van der Waals surface area contributed by atoms with Crippen LogP contribution in [0.3, 0.4) is 0 Å². The maximum atomic E-state index is 12.9. The Morgan fingerprint density at radius 3 is 2.22 bits per heavy atom. The summed E-state index contributed by atoms with van der Waals surface area (Å²) in [7, 11) is 0. The minimum atomic E-state index is -1.53. The van der Waals surface area contributed by atoms with Crippen LogP contribution in [0.25, 0.3) is 0 Å². The second-order valence-corrected chi connectivity index (χ2v) is 8.02. The first kappa shape index (κ1) is 27.4. The van der Waals surface area contributed by atoms with Crippen molar-refractivity contribution >= 4 is 35.5 Å². The van der Waals surface area contributed by atoms with Crippen molar-refractivity contribution in [1.82, 2.24) is 25.9 Å². The van der Waals surface area contributed by atoms with Crippen LogP contribution >= 0.6 is 11.8 Å². The third kappa shape index (κ3) is 8.82. The Morgan fingerprint density at radius 1 is 1.12 bits per heavy atom. The van der Waals surface area contributed by atoms with Crippen molar-refractivity contribution in [2.75, 3.05) is 18.6 Å². The molecule has 0 aliphatic heterocycles. The molecule has 180 valence electrons. The lowest BCUT2D eigenvalue weighted by molar-refractivity contribution is -0.143. The number of carbonyl (C=O) groups is 4. The lowest BCUT2D eigenvalue weighted by Gasteiger charge is -2.25. The van der Waals surface area contributed by atoms with Gasteiger partial charge in [0, 0.05) is 18.3 Å². The third-order valence-electron chi connectivity index (χ3n) is 4.48. The molecule has 5 atom stereocenters. The number of aromatic nitrogens is 2. The van der Waals surface area contributed by atoms with Gasteiger partial charge in [-0.25, -0.2) is 9.78 Å². The van der Waals surface area contributed by atoms with E-state index in [0.717, 1.165) is 0 Å². The standard InChI is InChI=1S/C18H30N6O7S/c1-9(26)14(19)17(29)23-12(5-10-6-20-8-21-10)16(28)22-11(3-4-32-2)15(27)24-13(7-25)18(30)31/h6,8-9,11-14,25-26H,3-5,7,19H2,1-2H3,(H,20,21)(H,22,28)(H,23,29)(H,24,27)(H,30,31). The number of rotatable bonds is 14. The molecule has 0 aliphatic carbocycles. The number of nitrogens with one attached hydrogen (secondary N) is 4. The SMILES string of the molecule is CSCCC(NC(=O)C(Cc1cnc[nH]1)NC(=O)C(N)C(C)O)C(=O)NC(CO)C(=O)O. The normalized spacial score (nSPS) is 15.7. The molecule has 1 heterocycles. The second-order valence-electron chi connectivity index (χ2n) is 7.03. The molecule has 1 aromatic rings. The quantitative estimate of drug-likeness (QED) is 0.136. The number of carboxylic acid groups (broad SMARTS) is 1. The Balaban J connectivity index is 3.00. The molecule has 32 heavy (non-hydrogen) atoms. The molecule has 1 rings (SSSR count). The van der Waals surface area contributed by atoms with Crippen LogP contribution in [0.2, 0.25) is 0 Å². The lowest BCUT2D eigenvalue weighted by atomic mass is 10.1. The molecule has 3 amide bonds. The summed E-state index contributed by atoms with van der Waals surface area (Å²) in [6.07, 6.45) is 3.66. The Morgan fingerprint density at radius 2 is 1.72 bits per heavy atom. The number of carboxylic acids is 1. The zero-order valence-electron chi connectivity index (χ0n) is 17.8. The molecule has 9 N–H and O–H groups in total. The number of aliphatic hydroxyl groups excluding tert-OH is 2. The smallest absolute Gasteiger partial charge is 0.328 e. The van der Waals surface area contributed by atoms with Crippen molar-refractivity contribution in [2.45, 2.75) is 50.0 Å². The molecule has 5 unspecified atom stereocenters. The molecule has 0 fully saturated rings. The number of nitrogens with two attached hydrogens (primary N) is 1. The molecular weight excluding hydrogens is 444 g/mol. The Kier molecular flexibility index (Phi) is 11.7. The summed E-state index contributed by atoms with van der Waals surface area (Å²) in [5, 5.41) is 34.8. The number of aliphatic carboxylic acids is 1. The summed E-state index contributed by atoms with van der Waals surface area (Å²) in [5.74, 6) is -3.23. The van der Waals surface area contributed by atoms with Crippen LogP contribution in [0.4, 0.5) is 0 Å². The molecule has 0 saturated carbocycles. The highest BCUT2D eigenvalue weighted by Crippen LogP contribution is 2.05. The van der Waals surface area contributed by atoms with Gasteiger partial charge in [-0.3, -0.25) is 14.4 Å². The highest BCUT2D eigenvalue weighted by molar-refractivity contribution is 7.98. The molecule has 0 bridgehead atoms. The topological polar surface area (TPSA) is 220 Å². The van der Waals surface area contributed by atoms with E-state index in [0.29, 0.717) is 11.4 Å². The minimum absolute atomic E-state index is 0.00460. The average molecular weight is 475 g/mol. The number of H-pyrrole nitrogens is 1. The first-order valence-electron chi connectivity index (χ1n) is 9.75. The van der Waals surface area contributed by atoms with Gasteiger partial charge in [-0.15, -0.1) is 0 Å². The minimum Gasteiger partial charge on any atom is -0.480 e. The summed E-state index contributed by atoms with van der Waals surface area (Å²) in [6.45, 7) is 0.511. The van der Waals surface area contributed by atoms with E-state index in [-0.39, 0.29) is 12.8 Å². The Labute approximate surface area is 188 Å². The molecule has 0 aromatic carbocycles. The van der Waals surface area contributed by atoms with Gasteiger partial charge in [0.1, 0.15) is 24.2 Å². The molecule has 13 nitrogen and oxygen atoms in total. The average Bonchev–Trinajstić information content (AvgIpc) is 3.26. The number of hydrogen-bond acceptors (Lipinski definition) is 9. The number of aromatic amines is 1. The van der Waals surface area contributed by atoms with Crippen LogP contribution in [0, 0.1) is 0 Å².